The molecule has 1 aliphatic rings. The van der Waals surface area contributed by atoms with Gasteiger partial charge >= 0.3 is 5.97 Å². The van der Waals surface area contributed by atoms with Crippen LogP contribution in [-0.4, -0.2) is 100 Å². The van der Waals surface area contributed by atoms with Crippen LogP contribution in [0.25, 0.3) is 22.1 Å². The molecule has 0 bridgehead atoms. The van der Waals surface area contributed by atoms with Gasteiger partial charge in [-0.3, -0.25) is 14.5 Å². The van der Waals surface area contributed by atoms with Crippen LogP contribution in [0.5, 0.6) is 11.5 Å². The summed E-state index contributed by atoms with van der Waals surface area (Å²) in [5.74, 6) is 6.46. The molecule has 0 unspecified atom stereocenters. The zero-order valence-electron chi connectivity index (χ0n) is 28.9. The summed E-state index contributed by atoms with van der Waals surface area (Å²) in [6.45, 7) is 7.99. The lowest BCUT2D eigenvalue weighted by atomic mass is 10.1. The van der Waals surface area contributed by atoms with Gasteiger partial charge in [-0.25, -0.2) is 14.8 Å². The van der Waals surface area contributed by atoms with Gasteiger partial charge in [0.2, 0.25) is 23.7 Å². The van der Waals surface area contributed by atoms with Gasteiger partial charge in [-0.05, 0) is 24.3 Å². The number of esters is 1. The minimum atomic E-state index is -0.625. The molecular formula is C34H43Br2N9O6. The molecule has 4 aromatic rings. The number of imidazole rings is 2. The Morgan fingerprint density at radius 1 is 0.843 bits per heavy atom. The number of ether oxygens (including phenoxy) is 3. The number of rotatable bonds is 11. The van der Waals surface area contributed by atoms with E-state index >= 15 is 0 Å². The summed E-state index contributed by atoms with van der Waals surface area (Å²) in [4.78, 5) is 49.4. The molecule has 0 spiro atoms. The van der Waals surface area contributed by atoms with Crippen LogP contribution in [0.15, 0.2) is 36.4 Å². The molecular weight excluding hydrogens is 790 g/mol. The van der Waals surface area contributed by atoms with Crippen molar-refractivity contribution in [2.24, 2.45) is 11.7 Å². The van der Waals surface area contributed by atoms with Gasteiger partial charge in [0.15, 0.2) is 0 Å². The van der Waals surface area contributed by atoms with Crippen LogP contribution in [0.4, 0.5) is 11.9 Å². The van der Waals surface area contributed by atoms with E-state index < -0.39 is 11.9 Å². The smallest absolute Gasteiger partial charge is 0.338 e. The summed E-state index contributed by atoms with van der Waals surface area (Å²) in [5.41, 5.74) is 20.8. The highest BCUT2D eigenvalue weighted by Crippen LogP contribution is 2.31. The Kier molecular flexibility index (Phi) is 14.3. The van der Waals surface area contributed by atoms with Gasteiger partial charge in [-0.2, -0.15) is 0 Å². The maximum atomic E-state index is 12.2. The first kappa shape index (κ1) is 40.6. The monoisotopic (exact) mass is 831 g/mol. The summed E-state index contributed by atoms with van der Waals surface area (Å²) in [7, 11) is 2.80. The van der Waals surface area contributed by atoms with Crippen molar-refractivity contribution in [1.29, 1.82) is 0 Å². The Morgan fingerprint density at radius 3 is 1.92 bits per heavy atom. The molecule has 5 rings (SSSR count). The van der Waals surface area contributed by atoms with Crippen molar-refractivity contribution < 1.29 is 28.6 Å². The van der Waals surface area contributed by atoms with Crippen molar-refractivity contribution in [3.8, 4) is 23.3 Å². The van der Waals surface area contributed by atoms with E-state index in [1.165, 1.54) is 14.2 Å². The van der Waals surface area contributed by atoms with E-state index in [9.17, 15) is 14.4 Å². The molecule has 15 nitrogen and oxygen atoms in total. The summed E-state index contributed by atoms with van der Waals surface area (Å²) in [6.07, 6.45) is 3.77. The first-order valence-corrected chi connectivity index (χ1v) is 15.8. The Morgan fingerprint density at radius 2 is 1.39 bits per heavy atom. The third-order valence-corrected chi connectivity index (χ3v) is 8.25. The first-order valence-electron chi connectivity index (χ1n) is 15.8. The van der Waals surface area contributed by atoms with Crippen LogP contribution in [0.3, 0.4) is 0 Å². The predicted octanol–water partition coefficient (Wildman–Crippen LogP) is 3.04. The number of amides is 2. The van der Waals surface area contributed by atoms with Crippen LogP contribution in [0, 0.1) is 17.8 Å². The summed E-state index contributed by atoms with van der Waals surface area (Å²) in [6, 6.07) is 6.32. The summed E-state index contributed by atoms with van der Waals surface area (Å²) < 4.78 is 19.9. The number of carbonyl (C=O) groups excluding carboxylic acids is 3. The molecule has 2 amide bonds. The fraction of sp³-hybridized carbons (Fsp3) is 0.382. The fourth-order valence-electron chi connectivity index (χ4n) is 5.69. The predicted molar refractivity (Wildman–Crippen MR) is 206 cm³/mol. The van der Waals surface area contributed by atoms with Gasteiger partial charge in [0.1, 0.15) is 29.1 Å². The second-order valence-corrected chi connectivity index (χ2v) is 11.8. The third-order valence-electron chi connectivity index (χ3n) is 8.25. The highest BCUT2D eigenvalue weighted by molar-refractivity contribution is 8.93. The van der Waals surface area contributed by atoms with Gasteiger partial charge in [-0.1, -0.05) is 37.8 Å². The van der Waals surface area contributed by atoms with Crippen molar-refractivity contribution in [2.45, 2.75) is 26.9 Å². The van der Waals surface area contributed by atoms with Crippen molar-refractivity contribution in [1.82, 2.24) is 28.9 Å². The van der Waals surface area contributed by atoms with E-state index in [2.05, 4.69) is 26.7 Å². The van der Waals surface area contributed by atoms with E-state index in [0.717, 1.165) is 13.1 Å². The number of methoxy groups -OCH3 is 2. The zero-order chi connectivity index (χ0) is 35.2. The summed E-state index contributed by atoms with van der Waals surface area (Å²) >= 11 is 0. The number of aromatic nitrogens is 4. The number of allylic oxidation sites excluding steroid dienone is 2. The number of piperazine rings is 1. The van der Waals surface area contributed by atoms with Crippen LogP contribution in [-0.2, 0) is 22.6 Å². The molecule has 6 N–H and O–H groups in total. The molecule has 1 fully saturated rings. The number of fused-ring (bicyclic) bond motifs is 2. The van der Waals surface area contributed by atoms with Crippen LogP contribution >= 0.6 is 34.0 Å². The molecule has 1 saturated heterocycles. The molecule has 0 saturated carbocycles. The highest BCUT2D eigenvalue weighted by atomic mass is 79.9. The number of anilines is 2. The number of benzene rings is 2. The number of hydrogen-bond acceptors (Lipinski definition) is 11. The lowest BCUT2D eigenvalue weighted by Crippen LogP contribution is -2.49. The average molecular weight is 834 g/mol. The maximum absolute atomic E-state index is 12.2. The molecule has 274 valence electrons. The highest BCUT2D eigenvalue weighted by Gasteiger charge is 2.22. The number of hydrogen-bond donors (Lipinski definition) is 3. The molecule has 51 heavy (non-hydrogen) atoms. The van der Waals surface area contributed by atoms with E-state index in [0.29, 0.717) is 71.9 Å². The van der Waals surface area contributed by atoms with Gasteiger partial charge in [-0.15, -0.1) is 34.0 Å². The number of carbonyl (C=O) groups is 3. The van der Waals surface area contributed by atoms with Crippen LogP contribution in [0.1, 0.15) is 34.6 Å². The van der Waals surface area contributed by atoms with E-state index in [-0.39, 0.29) is 69.9 Å². The van der Waals surface area contributed by atoms with Crippen molar-refractivity contribution in [2.75, 3.05) is 65.0 Å². The first-order chi connectivity index (χ1) is 23.5. The molecule has 0 radical (unpaired) electrons. The Labute approximate surface area is 316 Å². The fourth-order valence-corrected chi connectivity index (χ4v) is 5.69. The average Bonchev–Trinajstić information content (AvgIpc) is 3.59. The quantitative estimate of drug-likeness (QED) is 0.114. The van der Waals surface area contributed by atoms with E-state index in [1.807, 2.05) is 30.9 Å². The van der Waals surface area contributed by atoms with Gasteiger partial charge in [0.25, 0.3) is 0 Å². The second-order valence-electron chi connectivity index (χ2n) is 11.8. The molecule has 1 aliphatic heterocycles. The lowest BCUT2D eigenvalue weighted by molar-refractivity contribution is -0.136. The topological polar surface area (TPSA) is 199 Å². The largest absolute Gasteiger partial charge is 0.494 e. The number of nitrogens with two attached hydrogens (primary N) is 3. The Bertz CT molecular complexity index is 1990. The molecule has 2 aromatic carbocycles. The van der Waals surface area contributed by atoms with Crippen LogP contribution in [0.2, 0.25) is 0 Å². The normalized spacial score (nSPS) is 13.1. The number of halogens is 2. The molecule has 0 aliphatic carbocycles. The van der Waals surface area contributed by atoms with Gasteiger partial charge in [0.05, 0.1) is 37.4 Å². The standard InChI is InChI=1S/C34H41N9O6.2BrH/c1-21(2)31(45)41-14-12-40(13-15-41)9-7-8-16-49-27-19-22(30(35)44)17-24-29(27)43(34(37)38-24)11-6-5-10-42-28-25(39-33(42)36)18-23(32(46)48-4)20-26(28)47-3;;/h5-6,17-21H,9-16H2,1-4H3,(H2,35,44)(H2,36,39)(H2,37,38);2*1H/b6-5+;;. The lowest BCUT2D eigenvalue weighted by Gasteiger charge is -2.34. The van der Waals surface area contributed by atoms with E-state index in [1.54, 1.807) is 33.4 Å². The third kappa shape index (κ3) is 9.12. The van der Waals surface area contributed by atoms with Crippen molar-refractivity contribution in [3.63, 3.8) is 0 Å². The van der Waals surface area contributed by atoms with E-state index in [4.69, 9.17) is 31.4 Å². The molecule has 0 atom stereocenters. The van der Waals surface area contributed by atoms with Crippen molar-refractivity contribution >= 4 is 85.7 Å². The Balaban J connectivity index is 0.00000351. The number of nitrogens with zero attached hydrogens (tertiary/aromatic N) is 6. The summed E-state index contributed by atoms with van der Waals surface area (Å²) in [5, 5.41) is 0. The van der Waals surface area contributed by atoms with Crippen LogP contribution < -0.4 is 26.7 Å². The van der Waals surface area contributed by atoms with Gasteiger partial charge < -0.3 is 45.4 Å². The van der Waals surface area contributed by atoms with Crippen molar-refractivity contribution in [3.05, 3.63) is 47.5 Å². The van der Waals surface area contributed by atoms with Gasteiger partial charge in [0, 0.05) is 50.7 Å². The minimum Gasteiger partial charge on any atom is -0.494 e. The second kappa shape index (κ2) is 17.9. The number of primary amides is 1. The SMILES string of the molecule is Br.Br.COC(=O)c1cc(OC)c2c(c1)nc(N)n2C/C=C/Cn1c(N)nc2cc(C(N)=O)cc(OCC#CCN3CCN(C(=O)C(C)C)CC3)c21. The molecule has 2 aromatic heterocycles. The molecule has 17 heteroatoms. The zero-order valence-corrected chi connectivity index (χ0v) is 32.3. The minimum absolute atomic E-state index is 0. The Hall–Kier alpha value is -4.79. The molecule has 3 heterocycles. The number of nitrogen functional groups attached to an aromatic ring is 2. The maximum Gasteiger partial charge on any atom is 0.338 e.